The van der Waals surface area contributed by atoms with Crippen LogP contribution in [0.4, 0.5) is 43.2 Å². The summed E-state index contributed by atoms with van der Waals surface area (Å²) >= 11 is 0. The van der Waals surface area contributed by atoms with Gasteiger partial charge in [0.15, 0.2) is 0 Å². The number of ether oxygens (including phenoxy) is 10. The van der Waals surface area contributed by atoms with Crippen LogP contribution in [0.1, 0.15) is 177 Å². The van der Waals surface area contributed by atoms with Gasteiger partial charge in [-0.25, -0.2) is 53.0 Å². The number of nitrogens with one attached hydrogen (secondary N) is 5. The van der Waals surface area contributed by atoms with E-state index >= 15 is 0 Å². The average molecular weight is 1500 g/mol. The fourth-order valence-electron chi connectivity index (χ4n) is 12.2. The Balaban J connectivity index is 0.000000175. The molecule has 4 aromatic rings. The van der Waals surface area contributed by atoms with Gasteiger partial charge < -0.3 is 58.0 Å². The van der Waals surface area contributed by atoms with Crippen LogP contribution in [0.5, 0.6) is 0 Å². The van der Waals surface area contributed by atoms with E-state index in [4.69, 9.17) is 42.6 Å². The smallest absolute Gasteiger partial charge is 0.443 e. The van der Waals surface area contributed by atoms with Crippen molar-refractivity contribution in [1.29, 1.82) is 0 Å². The van der Waals surface area contributed by atoms with Gasteiger partial charge in [0.25, 0.3) is 23.6 Å². The molecule has 4 aliphatic heterocycles. The first kappa shape index (κ1) is 83.3. The topological polar surface area (TPSA) is 384 Å². The van der Waals surface area contributed by atoms with E-state index < -0.39 is 117 Å². The van der Waals surface area contributed by atoms with Crippen molar-refractivity contribution >= 4 is 78.3 Å². The molecule has 8 fully saturated rings. The van der Waals surface area contributed by atoms with Crippen LogP contribution in [-0.2, 0) is 93.0 Å². The summed E-state index contributed by atoms with van der Waals surface area (Å²) in [5.74, 6) is -1.73. The van der Waals surface area contributed by atoms with E-state index in [0.29, 0.717) is 57.0 Å². The van der Waals surface area contributed by atoms with Crippen molar-refractivity contribution in [3.05, 3.63) is 144 Å². The average Bonchev–Trinajstić information content (AvgIpc) is 1.55. The van der Waals surface area contributed by atoms with Crippen molar-refractivity contribution in [2.75, 3.05) is 0 Å². The Morgan fingerprint density at radius 1 is 0.361 bits per heavy atom. The van der Waals surface area contributed by atoms with Crippen LogP contribution in [0.3, 0.4) is 0 Å². The van der Waals surface area contributed by atoms with Crippen LogP contribution < -0.4 is 26.6 Å². The van der Waals surface area contributed by atoms with E-state index in [1.165, 1.54) is 0 Å². The van der Waals surface area contributed by atoms with Crippen LogP contribution in [0.2, 0.25) is 0 Å². The fourth-order valence-corrected chi connectivity index (χ4v) is 12.2. The minimum Gasteiger partial charge on any atom is -0.443 e. The molecule has 108 heavy (non-hydrogen) atoms. The lowest BCUT2D eigenvalue weighted by Crippen LogP contribution is -2.63. The first-order chi connectivity index (χ1) is 50.3. The lowest BCUT2D eigenvalue weighted by Gasteiger charge is -2.46. The Morgan fingerprint density at radius 2 is 0.648 bits per heavy atom. The SMILES string of the molecule is CC(C)(C)OC(=O)N1C(=O)N(C(=O)OC(C)(C)C)C2(CC(OCc3ccccc3)C2)C1=O.CC(C)(C)OC(=O)N1C(=O)NC(=O)C12CC(OCc1ccccc1)C2.CC(C)(C)OC(=O)OC(=O)OC(C)(C)C.O=C1NC(=O)C2(CC(OCc3ccccc3)C2)N1.O=C1NC(=O)C2(CC(OCc3ccccc3)C2)N1. The minimum absolute atomic E-state index is 0.0364. The highest BCUT2D eigenvalue weighted by Gasteiger charge is 2.69. The van der Waals surface area contributed by atoms with Crippen molar-refractivity contribution in [2.24, 2.45) is 0 Å². The molecule has 31 nitrogen and oxygen atoms in total. The van der Waals surface area contributed by atoms with Crippen LogP contribution in [0, 0.1) is 0 Å². The van der Waals surface area contributed by atoms with E-state index in [-0.39, 0.29) is 61.9 Å². The molecule has 12 rings (SSSR count). The molecule has 31 heteroatoms. The predicted octanol–water partition coefficient (Wildman–Crippen LogP) is 11.6. The lowest BCUT2D eigenvalue weighted by atomic mass is 9.73. The second-order valence-electron chi connectivity index (χ2n) is 32.2. The second kappa shape index (κ2) is 33.4. The van der Waals surface area contributed by atoms with Gasteiger partial charge in [-0.3, -0.25) is 35.1 Å². The van der Waals surface area contributed by atoms with Crippen molar-refractivity contribution in [1.82, 2.24) is 41.3 Å². The molecular formula is C77H98N8O23. The van der Waals surface area contributed by atoms with Gasteiger partial charge in [-0.15, -0.1) is 0 Å². The number of amides is 15. The molecule has 0 bridgehead atoms. The highest BCUT2D eigenvalue weighted by atomic mass is 16.8. The molecule has 4 heterocycles. The maximum atomic E-state index is 13.2. The van der Waals surface area contributed by atoms with E-state index in [0.717, 1.165) is 32.1 Å². The number of hydrogen-bond donors (Lipinski definition) is 5. The summed E-state index contributed by atoms with van der Waals surface area (Å²) < 4.78 is 52.7. The van der Waals surface area contributed by atoms with E-state index in [1.54, 1.807) is 104 Å². The molecule has 0 radical (unpaired) electrons. The van der Waals surface area contributed by atoms with Crippen molar-refractivity contribution < 1.29 is 110 Å². The number of benzene rings is 4. The van der Waals surface area contributed by atoms with Gasteiger partial charge in [0.1, 0.15) is 50.2 Å². The Labute approximate surface area is 626 Å². The molecule has 8 aliphatic rings. The molecule has 584 valence electrons. The number of rotatable bonds is 12. The van der Waals surface area contributed by atoms with Crippen molar-refractivity contribution in [3.63, 3.8) is 0 Å². The van der Waals surface area contributed by atoms with Gasteiger partial charge in [-0.05, 0) is 126 Å². The summed E-state index contributed by atoms with van der Waals surface area (Å²) in [6.07, 6.45) is -2.61. The summed E-state index contributed by atoms with van der Waals surface area (Å²) in [7, 11) is 0. The third kappa shape index (κ3) is 22.1. The summed E-state index contributed by atoms with van der Waals surface area (Å²) in [6.45, 7) is 26.8. The van der Waals surface area contributed by atoms with Gasteiger partial charge >= 0.3 is 54.7 Å². The normalized spacial score (nSPS) is 24.5. The summed E-state index contributed by atoms with van der Waals surface area (Å²) in [5.41, 5.74) is -3.90. The van der Waals surface area contributed by atoms with Gasteiger partial charge in [0.2, 0.25) is 0 Å². The van der Waals surface area contributed by atoms with Gasteiger partial charge in [0.05, 0.1) is 50.8 Å². The second-order valence-corrected chi connectivity index (χ2v) is 32.2. The Kier molecular flexibility index (Phi) is 25.8. The monoisotopic (exact) mass is 1500 g/mol. The summed E-state index contributed by atoms with van der Waals surface area (Å²) in [5, 5.41) is 12.1. The molecule has 0 atom stereocenters. The zero-order valence-corrected chi connectivity index (χ0v) is 63.6. The Morgan fingerprint density at radius 3 is 0.944 bits per heavy atom. The van der Waals surface area contributed by atoms with Crippen molar-refractivity contribution in [2.45, 2.75) is 256 Å². The Hall–Kier alpha value is -10.4. The summed E-state index contributed by atoms with van der Waals surface area (Å²) in [4.78, 5) is 158. The molecule has 4 saturated heterocycles. The molecule has 4 spiro atoms. The van der Waals surface area contributed by atoms with E-state index in [2.05, 4.69) is 31.3 Å². The standard InChI is InChI=1S/C23H30N2O7.C18H22N2O5.2C13H14N2O3.C10H18O5/c1-21(2,3)31-19(28)24-17(26)23(25(18(24)27)20(29)32-22(4,5)6)12-16(13-23)30-14-15-10-8-7-9-11-15;1-17(2,3)25-16(23)20-15(22)19-14(21)18(20)9-13(10-18)24-11-12-7-5-4-6-8-12;2*16-11-13(15-12(17)14-11)6-10(7-13)18-8-9-4-2-1-3-5-9;1-9(2,3)14-7(11)13-8(12)15-10(4,5)6/h7-11,16H,12-14H2,1-6H3;4-8,13H,9-11H2,1-3H3,(H,19,21,22);2*1-5,10H,6-8H2,(H2,14,15,16,17);1-6H3. The third-order valence-electron chi connectivity index (χ3n) is 17.3. The molecule has 0 aromatic heterocycles. The number of carbonyl (C=O) groups excluding carboxylic acids is 13. The van der Waals surface area contributed by atoms with E-state index in [1.807, 2.05) is 121 Å². The highest BCUT2D eigenvalue weighted by Crippen LogP contribution is 2.48. The maximum absolute atomic E-state index is 13.2. The van der Waals surface area contributed by atoms with Crippen LogP contribution in [0.15, 0.2) is 121 Å². The molecule has 5 N–H and O–H groups in total. The largest absolute Gasteiger partial charge is 0.519 e. The minimum atomic E-state index is -1.53. The Bertz CT molecular complexity index is 3830. The third-order valence-corrected chi connectivity index (χ3v) is 17.3. The van der Waals surface area contributed by atoms with Gasteiger partial charge in [-0.2, -0.15) is 4.90 Å². The zero-order chi connectivity index (χ0) is 79.6. The lowest BCUT2D eigenvalue weighted by molar-refractivity contribution is -0.148. The molecule has 4 aromatic carbocycles. The van der Waals surface area contributed by atoms with Crippen LogP contribution >= 0.6 is 0 Å². The molecule has 0 unspecified atom stereocenters. The first-order valence-corrected chi connectivity index (χ1v) is 35.4. The highest BCUT2D eigenvalue weighted by molar-refractivity contribution is 6.21. The van der Waals surface area contributed by atoms with Gasteiger partial charge in [0, 0.05) is 51.4 Å². The number of urea groups is 4. The van der Waals surface area contributed by atoms with Gasteiger partial charge in [-0.1, -0.05) is 121 Å². The summed E-state index contributed by atoms with van der Waals surface area (Å²) in [6, 6.07) is 36.3. The number of carbonyl (C=O) groups is 13. The maximum Gasteiger partial charge on any atom is 0.519 e. The fraction of sp³-hybridized carbons (Fsp3) is 0.519. The number of imide groups is 8. The predicted molar refractivity (Wildman–Crippen MR) is 383 cm³/mol. The van der Waals surface area contributed by atoms with E-state index in [9.17, 15) is 62.3 Å². The quantitative estimate of drug-likeness (QED) is 0.0381. The van der Waals surface area contributed by atoms with Crippen LogP contribution in [-0.4, -0.2) is 168 Å². The first-order valence-electron chi connectivity index (χ1n) is 35.4. The number of hydrogen-bond acceptors (Lipinski definition) is 23. The number of nitrogens with zero attached hydrogens (tertiary/aromatic N) is 3. The molecule has 4 aliphatic carbocycles. The molecule has 15 amide bonds. The molecule has 4 saturated carbocycles. The van der Waals surface area contributed by atoms with Crippen molar-refractivity contribution in [3.8, 4) is 0 Å². The zero-order valence-electron chi connectivity index (χ0n) is 63.6. The molecular weight excluding hydrogens is 1400 g/mol. The van der Waals surface area contributed by atoms with Crippen LogP contribution in [0.25, 0.3) is 0 Å².